The van der Waals surface area contributed by atoms with Gasteiger partial charge in [0, 0.05) is 0 Å². The second-order valence-corrected chi connectivity index (χ2v) is 4.20. The molecular weight excluding hydrogens is 217 g/mol. The van der Waals surface area contributed by atoms with E-state index in [9.17, 15) is 9.30 Å². The van der Waals surface area contributed by atoms with E-state index in [-0.39, 0.29) is 11.9 Å². The standard InChI is InChI=1S/C14H18FNO/c1-3-4-5-14(16-17)11(2)10-12-6-8-13(15)9-7-12/h6-10,14H,3-5H2,1-2H3. The summed E-state index contributed by atoms with van der Waals surface area (Å²) in [5.41, 5.74) is 1.83. The molecule has 0 aliphatic rings. The fourth-order valence-corrected chi connectivity index (χ4v) is 1.68. The highest BCUT2D eigenvalue weighted by atomic mass is 19.1. The molecular formula is C14H18FNO. The third-order valence-electron chi connectivity index (χ3n) is 2.75. The Kier molecular flexibility index (Phi) is 5.53. The zero-order chi connectivity index (χ0) is 12.7. The first-order valence-electron chi connectivity index (χ1n) is 5.93. The van der Waals surface area contributed by atoms with Crippen LogP contribution >= 0.6 is 0 Å². The minimum absolute atomic E-state index is 0.254. The zero-order valence-electron chi connectivity index (χ0n) is 10.3. The van der Waals surface area contributed by atoms with Crippen LogP contribution in [0.1, 0.15) is 38.7 Å². The van der Waals surface area contributed by atoms with Crippen molar-refractivity contribution in [2.45, 2.75) is 39.2 Å². The van der Waals surface area contributed by atoms with E-state index >= 15 is 0 Å². The lowest BCUT2D eigenvalue weighted by molar-refractivity contribution is 0.627. The molecule has 0 radical (unpaired) electrons. The van der Waals surface area contributed by atoms with Crippen LogP contribution in [0, 0.1) is 10.7 Å². The second-order valence-electron chi connectivity index (χ2n) is 4.20. The lowest BCUT2D eigenvalue weighted by Gasteiger charge is -2.08. The molecule has 92 valence electrons. The molecule has 3 heteroatoms. The van der Waals surface area contributed by atoms with Crippen molar-refractivity contribution in [2.75, 3.05) is 0 Å². The molecule has 17 heavy (non-hydrogen) atoms. The first kappa shape index (κ1) is 13.6. The Morgan fingerprint density at radius 3 is 2.59 bits per heavy atom. The van der Waals surface area contributed by atoms with Crippen LogP contribution in [0.15, 0.2) is 35.0 Å². The summed E-state index contributed by atoms with van der Waals surface area (Å²) in [5, 5.41) is 3.15. The van der Waals surface area contributed by atoms with Gasteiger partial charge in [0.2, 0.25) is 0 Å². The Balaban J connectivity index is 2.75. The van der Waals surface area contributed by atoms with Crippen LogP contribution in [0.5, 0.6) is 0 Å². The number of unbranched alkanes of at least 4 members (excludes halogenated alkanes) is 1. The van der Waals surface area contributed by atoms with E-state index < -0.39 is 0 Å². The third kappa shape index (κ3) is 4.47. The van der Waals surface area contributed by atoms with Crippen LogP contribution in [0.3, 0.4) is 0 Å². The molecule has 1 aromatic rings. The van der Waals surface area contributed by atoms with Crippen LogP contribution in [-0.2, 0) is 0 Å². The average Bonchev–Trinajstić information content (AvgIpc) is 2.33. The molecule has 0 saturated carbocycles. The minimum Gasteiger partial charge on any atom is -0.207 e. The number of halogens is 1. The summed E-state index contributed by atoms with van der Waals surface area (Å²) in [7, 11) is 0. The molecule has 0 bridgehead atoms. The number of rotatable bonds is 6. The summed E-state index contributed by atoms with van der Waals surface area (Å²) in [5.74, 6) is -0.254. The Bertz CT molecular complexity index is 384. The minimum atomic E-state index is -0.264. The van der Waals surface area contributed by atoms with Gasteiger partial charge in [0.15, 0.2) is 0 Å². The topological polar surface area (TPSA) is 29.4 Å². The molecule has 1 atom stereocenters. The van der Waals surface area contributed by atoms with Crippen molar-refractivity contribution >= 4 is 6.08 Å². The van der Waals surface area contributed by atoms with Gasteiger partial charge in [-0.1, -0.05) is 43.2 Å². The van der Waals surface area contributed by atoms with Gasteiger partial charge in [-0.15, -0.1) is 0 Å². The van der Waals surface area contributed by atoms with E-state index in [4.69, 9.17) is 0 Å². The van der Waals surface area contributed by atoms with E-state index in [0.29, 0.717) is 0 Å². The van der Waals surface area contributed by atoms with Crippen molar-refractivity contribution in [1.29, 1.82) is 0 Å². The van der Waals surface area contributed by atoms with Crippen molar-refractivity contribution in [3.05, 3.63) is 46.1 Å². The Labute approximate surface area is 102 Å². The maximum atomic E-state index is 12.7. The second kappa shape index (κ2) is 6.94. The molecule has 0 fully saturated rings. The van der Waals surface area contributed by atoms with Gasteiger partial charge in [-0.25, -0.2) is 4.39 Å². The van der Waals surface area contributed by atoms with Crippen molar-refractivity contribution in [3.63, 3.8) is 0 Å². The Morgan fingerprint density at radius 1 is 1.41 bits per heavy atom. The maximum Gasteiger partial charge on any atom is 0.123 e. The van der Waals surface area contributed by atoms with Crippen molar-refractivity contribution in [3.8, 4) is 0 Å². The van der Waals surface area contributed by atoms with E-state index in [1.807, 2.05) is 13.0 Å². The summed E-state index contributed by atoms with van der Waals surface area (Å²) in [4.78, 5) is 10.7. The molecule has 1 unspecified atom stereocenters. The van der Waals surface area contributed by atoms with Crippen molar-refractivity contribution in [1.82, 2.24) is 0 Å². The predicted molar refractivity (Wildman–Crippen MR) is 69.2 cm³/mol. The highest BCUT2D eigenvalue weighted by Crippen LogP contribution is 2.17. The molecule has 0 spiro atoms. The normalized spacial score (nSPS) is 13.5. The largest absolute Gasteiger partial charge is 0.207 e. The summed E-state index contributed by atoms with van der Waals surface area (Å²) in [6.07, 6.45) is 4.71. The maximum absolute atomic E-state index is 12.7. The van der Waals surface area contributed by atoms with Crippen LogP contribution < -0.4 is 0 Å². The third-order valence-corrected chi connectivity index (χ3v) is 2.75. The van der Waals surface area contributed by atoms with Crippen LogP contribution in [-0.4, -0.2) is 6.04 Å². The van der Waals surface area contributed by atoms with E-state index in [1.165, 1.54) is 12.1 Å². The van der Waals surface area contributed by atoms with Gasteiger partial charge in [0.25, 0.3) is 0 Å². The van der Waals surface area contributed by atoms with E-state index in [2.05, 4.69) is 12.1 Å². The molecule has 0 aliphatic heterocycles. The predicted octanol–water partition coefficient (Wildman–Crippen LogP) is 4.55. The fraction of sp³-hybridized carbons (Fsp3) is 0.429. The molecule has 1 rings (SSSR count). The summed E-state index contributed by atoms with van der Waals surface area (Å²) in [6.45, 7) is 3.98. The Morgan fingerprint density at radius 2 is 2.06 bits per heavy atom. The summed E-state index contributed by atoms with van der Waals surface area (Å²) < 4.78 is 12.7. The van der Waals surface area contributed by atoms with Gasteiger partial charge in [0.1, 0.15) is 11.9 Å². The highest BCUT2D eigenvalue weighted by Gasteiger charge is 2.10. The molecule has 0 heterocycles. The van der Waals surface area contributed by atoms with Crippen LogP contribution in [0.25, 0.3) is 6.08 Å². The molecule has 0 saturated heterocycles. The lowest BCUT2D eigenvalue weighted by atomic mass is 10.0. The molecule has 2 nitrogen and oxygen atoms in total. The van der Waals surface area contributed by atoms with Gasteiger partial charge < -0.3 is 0 Å². The fourth-order valence-electron chi connectivity index (χ4n) is 1.68. The average molecular weight is 235 g/mol. The number of benzene rings is 1. The number of nitrogens with zero attached hydrogens (tertiary/aromatic N) is 1. The molecule has 1 aromatic carbocycles. The molecule has 0 N–H and O–H groups in total. The van der Waals surface area contributed by atoms with E-state index in [1.54, 1.807) is 12.1 Å². The van der Waals surface area contributed by atoms with Crippen LogP contribution in [0.4, 0.5) is 4.39 Å². The Hall–Kier alpha value is -1.51. The lowest BCUT2D eigenvalue weighted by Crippen LogP contribution is -2.04. The quantitative estimate of drug-likeness (QED) is 0.665. The molecule has 0 aromatic heterocycles. The van der Waals surface area contributed by atoms with Gasteiger partial charge in [0.05, 0.1) is 0 Å². The smallest absolute Gasteiger partial charge is 0.123 e. The monoisotopic (exact) mass is 235 g/mol. The molecule has 0 aliphatic carbocycles. The number of hydrogen-bond donors (Lipinski definition) is 0. The van der Waals surface area contributed by atoms with Crippen molar-refractivity contribution in [2.24, 2.45) is 5.18 Å². The highest BCUT2D eigenvalue weighted by molar-refractivity contribution is 5.53. The summed E-state index contributed by atoms with van der Waals surface area (Å²) in [6, 6.07) is 5.95. The summed E-state index contributed by atoms with van der Waals surface area (Å²) >= 11 is 0. The zero-order valence-corrected chi connectivity index (χ0v) is 10.3. The van der Waals surface area contributed by atoms with Crippen molar-refractivity contribution < 1.29 is 4.39 Å². The van der Waals surface area contributed by atoms with Gasteiger partial charge in [-0.3, -0.25) is 0 Å². The first-order chi connectivity index (χ1) is 8.17. The molecule has 0 amide bonds. The number of nitroso groups, excluding NO2 is 1. The first-order valence-corrected chi connectivity index (χ1v) is 5.93. The number of hydrogen-bond acceptors (Lipinski definition) is 2. The van der Waals surface area contributed by atoms with E-state index in [0.717, 1.165) is 30.4 Å². The SMILES string of the molecule is CCCCC(N=O)C(C)=Cc1ccc(F)cc1. The van der Waals surface area contributed by atoms with Gasteiger partial charge in [-0.2, -0.15) is 4.91 Å². The van der Waals surface area contributed by atoms with Gasteiger partial charge >= 0.3 is 0 Å². The van der Waals surface area contributed by atoms with Gasteiger partial charge in [-0.05, 0) is 36.6 Å². The van der Waals surface area contributed by atoms with Crippen LogP contribution in [0.2, 0.25) is 0 Å².